The van der Waals surface area contributed by atoms with Crippen LogP contribution in [0.5, 0.6) is 5.75 Å². The lowest BCUT2D eigenvalue weighted by Crippen LogP contribution is -2.59. The summed E-state index contributed by atoms with van der Waals surface area (Å²) >= 11 is 1.07. The van der Waals surface area contributed by atoms with Crippen molar-refractivity contribution in [2.75, 3.05) is 7.11 Å². The Bertz CT molecular complexity index is 1440. The lowest BCUT2D eigenvalue weighted by Gasteiger charge is -2.40. The van der Waals surface area contributed by atoms with E-state index in [0.29, 0.717) is 21.5 Å². The fraction of sp³-hybridized carbons (Fsp3) is 0.370. The Hall–Kier alpha value is -3.39. The van der Waals surface area contributed by atoms with Gasteiger partial charge in [-0.15, -0.1) is 0 Å². The van der Waals surface area contributed by atoms with E-state index in [9.17, 15) is 24.0 Å². The zero-order valence-corrected chi connectivity index (χ0v) is 21.4. The third-order valence-electron chi connectivity index (χ3n) is 6.98. The second-order valence-electron chi connectivity index (χ2n) is 10.00. The van der Waals surface area contributed by atoms with Gasteiger partial charge in [0.05, 0.1) is 34.7 Å². The standard InChI is InChI=1S/C27H27NO6S/c1-14-17(21(29)19-22(30)26(2,3)24(32)27(4,5)23(19)31)10-11-18-20(14)28(25(33)35-18)13-15-8-7-9-16(12-15)34-6/h7-12,19H,13H2,1-6H3. The maximum atomic E-state index is 13.7. The van der Waals surface area contributed by atoms with E-state index in [1.807, 2.05) is 24.3 Å². The van der Waals surface area contributed by atoms with Crippen molar-refractivity contribution >= 4 is 44.7 Å². The molecule has 182 valence electrons. The number of ketones is 4. The van der Waals surface area contributed by atoms with Crippen molar-refractivity contribution in [2.24, 2.45) is 16.7 Å². The lowest BCUT2D eigenvalue weighted by molar-refractivity contribution is -0.158. The van der Waals surface area contributed by atoms with Gasteiger partial charge in [-0.25, -0.2) is 0 Å². The van der Waals surface area contributed by atoms with Crippen LogP contribution < -0.4 is 9.61 Å². The minimum absolute atomic E-state index is 0.187. The van der Waals surface area contributed by atoms with Crippen molar-refractivity contribution in [1.29, 1.82) is 0 Å². The van der Waals surface area contributed by atoms with Gasteiger partial charge >= 0.3 is 4.87 Å². The summed E-state index contributed by atoms with van der Waals surface area (Å²) in [4.78, 5) is 65.5. The predicted molar refractivity (Wildman–Crippen MR) is 133 cm³/mol. The Morgan fingerprint density at radius 1 is 1.00 bits per heavy atom. The van der Waals surface area contributed by atoms with E-state index in [2.05, 4.69) is 0 Å². The average Bonchev–Trinajstić information content (AvgIpc) is 3.13. The summed E-state index contributed by atoms with van der Waals surface area (Å²) in [6, 6.07) is 10.6. The van der Waals surface area contributed by atoms with E-state index in [-0.39, 0.29) is 17.0 Å². The molecule has 1 saturated carbocycles. The molecule has 1 aliphatic carbocycles. The van der Waals surface area contributed by atoms with Crippen molar-refractivity contribution in [3.63, 3.8) is 0 Å². The summed E-state index contributed by atoms with van der Waals surface area (Å²) < 4.78 is 7.56. The molecular formula is C27H27NO6S. The van der Waals surface area contributed by atoms with Crippen LogP contribution in [0, 0.1) is 23.7 Å². The Balaban J connectivity index is 1.83. The summed E-state index contributed by atoms with van der Waals surface area (Å²) in [5.74, 6) is -3.39. The molecule has 0 saturated heterocycles. The van der Waals surface area contributed by atoms with Crippen LogP contribution in [-0.4, -0.2) is 34.8 Å². The molecule has 1 aliphatic rings. The molecule has 0 aliphatic heterocycles. The number of Topliss-reactive ketones (excluding diaryl/α,β-unsaturated/α-hetero) is 4. The maximum Gasteiger partial charge on any atom is 0.308 e. The first-order valence-corrected chi connectivity index (χ1v) is 12.1. The molecule has 3 aromatic rings. The molecule has 0 spiro atoms. The van der Waals surface area contributed by atoms with Crippen LogP contribution >= 0.6 is 11.3 Å². The number of benzene rings is 2. The van der Waals surface area contributed by atoms with Crippen molar-refractivity contribution in [3.05, 3.63) is 62.8 Å². The van der Waals surface area contributed by atoms with Gasteiger partial charge in [-0.1, -0.05) is 23.5 Å². The summed E-state index contributed by atoms with van der Waals surface area (Å²) in [6.45, 7) is 7.84. The fourth-order valence-corrected chi connectivity index (χ4v) is 5.89. The summed E-state index contributed by atoms with van der Waals surface area (Å²) in [5, 5.41) is 0. The topological polar surface area (TPSA) is 99.5 Å². The number of rotatable bonds is 5. The third kappa shape index (κ3) is 3.76. The number of thiazole rings is 1. The highest BCUT2D eigenvalue weighted by Gasteiger charge is 2.60. The van der Waals surface area contributed by atoms with Gasteiger partial charge in [0, 0.05) is 5.56 Å². The lowest BCUT2D eigenvalue weighted by atomic mass is 9.57. The Labute approximate surface area is 206 Å². The van der Waals surface area contributed by atoms with Gasteiger partial charge in [-0.2, -0.15) is 0 Å². The second kappa shape index (κ2) is 8.37. The Morgan fingerprint density at radius 3 is 2.23 bits per heavy atom. The normalized spacial score (nSPS) is 17.7. The molecule has 0 atom stereocenters. The van der Waals surface area contributed by atoms with E-state index in [4.69, 9.17) is 4.74 Å². The number of nitrogens with zero attached hydrogens (tertiary/aromatic N) is 1. The number of carbonyl (C=O) groups is 4. The van der Waals surface area contributed by atoms with Crippen LogP contribution in [-0.2, 0) is 20.9 Å². The molecule has 8 heteroatoms. The first-order valence-electron chi connectivity index (χ1n) is 11.3. The smallest absolute Gasteiger partial charge is 0.308 e. The van der Waals surface area contributed by atoms with Gasteiger partial charge < -0.3 is 4.74 Å². The highest BCUT2D eigenvalue weighted by atomic mass is 32.1. The summed E-state index contributed by atoms with van der Waals surface area (Å²) in [6.07, 6.45) is 0. The number of aryl methyl sites for hydroxylation is 1. The molecule has 0 unspecified atom stereocenters. The van der Waals surface area contributed by atoms with Gasteiger partial charge in [0.15, 0.2) is 23.1 Å². The number of aromatic nitrogens is 1. The van der Waals surface area contributed by atoms with E-state index in [1.54, 1.807) is 30.7 Å². The molecule has 7 nitrogen and oxygen atoms in total. The molecule has 1 heterocycles. The van der Waals surface area contributed by atoms with Crippen LogP contribution in [0.2, 0.25) is 0 Å². The van der Waals surface area contributed by atoms with Crippen LogP contribution in [0.3, 0.4) is 0 Å². The SMILES string of the molecule is COc1cccc(Cn2c(=O)sc3ccc(C(=O)C4C(=O)C(C)(C)C(=O)C(C)(C)C4=O)c(C)c32)c1. The van der Waals surface area contributed by atoms with Gasteiger partial charge in [0.2, 0.25) is 0 Å². The molecule has 2 aromatic carbocycles. The highest BCUT2D eigenvalue weighted by Crippen LogP contribution is 2.42. The van der Waals surface area contributed by atoms with Crippen LogP contribution in [0.15, 0.2) is 41.2 Å². The van der Waals surface area contributed by atoms with Gasteiger partial charge in [-0.3, -0.25) is 28.5 Å². The number of ether oxygens (including phenoxy) is 1. The zero-order valence-electron chi connectivity index (χ0n) is 20.6. The third-order valence-corrected chi connectivity index (χ3v) is 7.92. The van der Waals surface area contributed by atoms with E-state index >= 15 is 0 Å². The first-order chi connectivity index (χ1) is 16.3. The molecule has 4 rings (SSSR count). The fourth-order valence-electron chi connectivity index (χ4n) is 4.94. The largest absolute Gasteiger partial charge is 0.497 e. The monoisotopic (exact) mass is 493 g/mol. The molecule has 0 bridgehead atoms. The molecule has 0 N–H and O–H groups in total. The Morgan fingerprint density at radius 2 is 1.63 bits per heavy atom. The van der Waals surface area contributed by atoms with Crippen molar-refractivity contribution in [2.45, 2.75) is 41.2 Å². The minimum Gasteiger partial charge on any atom is -0.497 e. The average molecular weight is 494 g/mol. The van der Waals surface area contributed by atoms with E-state index < -0.39 is 39.9 Å². The molecule has 1 fully saturated rings. The van der Waals surface area contributed by atoms with Crippen molar-refractivity contribution < 1.29 is 23.9 Å². The van der Waals surface area contributed by atoms with Crippen molar-refractivity contribution in [1.82, 2.24) is 4.57 Å². The molecule has 35 heavy (non-hydrogen) atoms. The minimum atomic E-state index is -1.56. The van der Waals surface area contributed by atoms with E-state index in [0.717, 1.165) is 16.9 Å². The Kier molecular flexibility index (Phi) is 5.92. The number of fused-ring (bicyclic) bond motifs is 1. The quantitative estimate of drug-likeness (QED) is 0.394. The molecule has 0 amide bonds. The zero-order chi connectivity index (χ0) is 25.9. The highest BCUT2D eigenvalue weighted by molar-refractivity contribution is 7.16. The number of carbonyl (C=O) groups excluding carboxylic acids is 4. The predicted octanol–water partition coefficient (Wildman–Crippen LogP) is 4.00. The molecule has 1 aromatic heterocycles. The van der Waals surface area contributed by atoms with Crippen LogP contribution in [0.25, 0.3) is 10.2 Å². The van der Waals surface area contributed by atoms with Crippen molar-refractivity contribution in [3.8, 4) is 5.75 Å². The van der Waals surface area contributed by atoms with Gasteiger partial charge in [-0.05, 0) is 70.0 Å². The number of methoxy groups -OCH3 is 1. The summed E-state index contributed by atoms with van der Waals surface area (Å²) in [7, 11) is 1.57. The van der Waals surface area contributed by atoms with Crippen LogP contribution in [0.4, 0.5) is 0 Å². The number of hydrogen-bond acceptors (Lipinski definition) is 7. The number of hydrogen-bond donors (Lipinski definition) is 0. The summed E-state index contributed by atoms with van der Waals surface area (Å²) in [5.41, 5.74) is -0.760. The van der Waals surface area contributed by atoms with Gasteiger partial charge in [0.1, 0.15) is 11.7 Å². The van der Waals surface area contributed by atoms with Gasteiger partial charge in [0.25, 0.3) is 0 Å². The van der Waals surface area contributed by atoms with E-state index in [1.165, 1.54) is 27.7 Å². The molecule has 0 radical (unpaired) electrons. The molecular weight excluding hydrogens is 466 g/mol. The first kappa shape index (κ1) is 24.7. The second-order valence-corrected chi connectivity index (χ2v) is 11.0. The maximum absolute atomic E-state index is 13.7. The van der Waals surface area contributed by atoms with Crippen LogP contribution in [0.1, 0.15) is 49.2 Å².